The molecule has 2 nitrogen and oxygen atoms in total. The zero-order chi connectivity index (χ0) is 12.2. The zero-order valence-electron chi connectivity index (χ0n) is 10.4. The molecule has 0 spiro atoms. The van der Waals surface area contributed by atoms with Gasteiger partial charge < -0.3 is 10.1 Å². The number of hydrogen-bond donors (Lipinski definition) is 1. The normalized spacial score (nSPS) is 11.6. The highest BCUT2D eigenvalue weighted by molar-refractivity contribution is 6.32. The lowest BCUT2D eigenvalue weighted by molar-refractivity contribution is 0.318. The Morgan fingerprint density at radius 2 is 2.00 bits per heavy atom. The number of benzene rings is 1. The number of halogens is 1. The Labute approximate surface area is 103 Å². The van der Waals surface area contributed by atoms with Crippen molar-refractivity contribution in [2.45, 2.75) is 26.2 Å². The fourth-order valence-corrected chi connectivity index (χ4v) is 1.58. The van der Waals surface area contributed by atoms with E-state index in [1.807, 2.05) is 19.2 Å². The maximum Gasteiger partial charge on any atom is 0.137 e. The van der Waals surface area contributed by atoms with Gasteiger partial charge in [-0.15, -0.1) is 0 Å². The van der Waals surface area contributed by atoms with Crippen LogP contribution in [-0.2, 0) is 5.41 Å². The van der Waals surface area contributed by atoms with E-state index in [2.05, 4.69) is 32.2 Å². The Hall–Kier alpha value is -0.730. The van der Waals surface area contributed by atoms with Crippen LogP contribution in [0.4, 0.5) is 0 Å². The van der Waals surface area contributed by atoms with Crippen molar-refractivity contribution >= 4 is 11.6 Å². The van der Waals surface area contributed by atoms with Crippen LogP contribution in [0.1, 0.15) is 26.3 Å². The quantitative estimate of drug-likeness (QED) is 0.818. The van der Waals surface area contributed by atoms with Gasteiger partial charge in [0.1, 0.15) is 12.4 Å². The molecule has 0 aliphatic carbocycles. The Bertz CT molecular complexity index is 344. The molecule has 0 heterocycles. The average Bonchev–Trinajstić information content (AvgIpc) is 2.19. The summed E-state index contributed by atoms with van der Waals surface area (Å²) >= 11 is 6.17. The lowest BCUT2D eigenvalue weighted by Crippen LogP contribution is -2.16. The van der Waals surface area contributed by atoms with Gasteiger partial charge in [0.25, 0.3) is 0 Å². The van der Waals surface area contributed by atoms with E-state index in [0.717, 1.165) is 12.3 Å². The Kier molecular flexibility index (Phi) is 4.63. The largest absolute Gasteiger partial charge is 0.491 e. The van der Waals surface area contributed by atoms with E-state index < -0.39 is 0 Å². The topological polar surface area (TPSA) is 21.3 Å². The summed E-state index contributed by atoms with van der Waals surface area (Å²) in [5, 5.41) is 3.71. The van der Waals surface area contributed by atoms with Crippen molar-refractivity contribution in [3.63, 3.8) is 0 Å². The van der Waals surface area contributed by atoms with Gasteiger partial charge in [-0.05, 0) is 30.2 Å². The van der Waals surface area contributed by atoms with Gasteiger partial charge in [0, 0.05) is 6.54 Å². The number of rotatable bonds is 4. The van der Waals surface area contributed by atoms with Gasteiger partial charge in [-0.2, -0.15) is 0 Å². The van der Waals surface area contributed by atoms with Crippen molar-refractivity contribution in [1.82, 2.24) is 5.32 Å². The van der Waals surface area contributed by atoms with E-state index in [1.165, 1.54) is 5.56 Å². The van der Waals surface area contributed by atoms with E-state index in [9.17, 15) is 0 Å². The number of likely N-dealkylation sites (N-methyl/N-ethyl adjacent to an activating group) is 1. The zero-order valence-corrected chi connectivity index (χ0v) is 11.2. The number of nitrogens with one attached hydrogen (secondary N) is 1. The van der Waals surface area contributed by atoms with Crippen LogP contribution in [0.3, 0.4) is 0 Å². The van der Waals surface area contributed by atoms with Gasteiger partial charge in [0.15, 0.2) is 0 Å². The third kappa shape index (κ3) is 3.69. The van der Waals surface area contributed by atoms with Crippen LogP contribution in [0, 0.1) is 0 Å². The van der Waals surface area contributed by atoms with E-state index in [4.69, 9.17) is 16.3 Å². The summed E-state index contributed by atoms with van der Waals surface area (Å²) < 4.78 is 5.55. The predicted octanol–water partition coefficient (Wildman–Crippen LogP) is 3.24. The second-order valence-corrected chi connectivity index (χ2v) is 5.25. The molecule has 1 N–H and O–H groups in total. The summed E-state index contributed by atoms with van der Waals surface area (Å²) in [4.78, 5) is 0. The standard InChI is InChI=1S/C13H20ClNO/c1-13(2,3)10-5-6-12(11(14)9-10)16-8-7-15-4/h5-6,9,15H,7-8H2,1-4H3. The molecule has 0 saturated heterocycles. The maximum absolute atomic E-state index is 6.17. The van der Waals surface area contributed by atoms with Crippen LogP contribution in [0.2, 0.25) is 5.02 Å². The molecule has 0 amide bonds. The summed E-state index contributed by atoms with van der Waals surface area (Å²) in [6, 6.07) is 6.00. The lowest BCUT2D eigenvalue weighted by Gasteiger charge is -2.20. The molecule has 1 aromatic rings. The molecule has 0 aromatic heterocycles. The third-order valence-corrected chi connectivity index (χ3v) is 2.70. The second-order valence-electron chi connectivity index (χ2n) is 4.85. The highest BCUT2D eigenvalue weighted by Gasteiger charge is 2.15. The summed E-state index contributed by atoms with van der Waals surface area (Å²) in [7, 11) is 1.90. The van der Waals surface area contributed by atoms with Crippen LogP contribution in [0.15, 0.2) is 18.2 Å². The van der Waals surface area contributed by atoms with Crippen molar-refractivity contribution in [3.8, 4) is 5.75 Å². The van der Waals surface area contributed by atoms with E-state index in [0.29, 0.717) is 11.6 Å². The molecule has 3 heteroatoms. The molecule has 1 rings (SSSR count). The molecule has 90 valence electrons. The maximum atomic E-state index is 6.17. The smallest absolute Gasteiger partial charge is 0.137 e. The molecule has 16 heavy (non-hydrogen) atoms. The summed E-state index contributed by atoms with van der Waals surface area (Å²) in [5.74, 6) is 0.755. The van der Waals surface area contributed by atoms with Crippen molar-refractivity contribution in [3.05, 3.63) is 28.8 Å². The third-order valence-electron chi connectivity index (χ3n) is 2.41. The first-order valence-electron chi connectivity index (χ1n) is 5.52. The predicted molar refractivity (Wildman–Crippen MR) is 69.6 cm³/mol. The van der Waals surface area contributed by atoms with Gasteiger partial charge in [0.2, 0.25) is 0 Å². The molecule has 0 aliphatic heterocycles. The van der Waals surface area contributed by atoms with Gasteiger partial charge in [-0.3, -0.25) is 0 Å². The second kappa shape index (κ2) is 5.55. The molecular weight excluding hydrogens is 222 g/mol. The molecule has 0 aliphatic rings. The molecule has 0 bridgehead atoms. The minimum Gasteiger partial charge on any atom is -0.491 e. The van der Waals surface area contributed by atoms with Crippen LogP contribution in [-0.4, -0.2) is 20.2 Å². The van der Waals surface area contributed by atoms with E-state index in [-0.39, 0.29) is 5.41 Å². The molecule has 1 aromatic carbocycles. The monoisotopic (exact) mass is 241 g/mol. The van der Waals surface area contributed by atoms with Gasteiger partial charge in [-0.25, -0.2) is 0 Å². The molecular formula is C13H20ClNO. The SMILES string of the molecule is CNCCOc1ccc(C(C)(C)C)cc1Cl. The Morgan fingerprint density at radius 1 is 1.31 bits per heavy atom. The van der Waals surface area contributed by atoms with Crippen molar-refractivity contribution < 1.29 is 4.74 Å². The summed E-state index contributed by atoms with van der Waals surface area (Å²) in [5.41, 5.74) is 1.34. The Morgan fingerprint density at radius 3 is 2.50 bits per heavy atom. The molecule has 0 fully saturated rings. The lowest BCUT2D eigenvalue weighted by atomic mass is 9.87. The minimum absolute atomic E-state index is 0.118. The number of ether oxygens (including phenoxy) is 1. The fourth-order valence-electron chi connectivity index (χ4n) is 1.35. The minimum atomic E-state index is 0.118. The molecule has 0 saturated carbocycles. The molecule has 0 radical (unpaired) electrons. The average molecular weight is 242 g/mol. The van der Waals surface area contributed by atoms with Gasteiger partial charge >= 0.3 is 0 Å². The van der Waals surface area contributed by atoms with Crippen LogP contribution >= 0.6 is 11.6 Å². The van der Waals surface area contributed by atoms with E-state index in [1.54, 1.807) is 0 Å². The fraction of sp³-hybridized carbons (Fsp3) is 0.538. The van der Waals surface area contributed by atoms with Crippen LogP contribution in [0.5, 0.6) is 5.75 Å². The molecule has 0 unspecified atom stereocenters. The van der Waals surface area contributed by atoms with Crippen molar-refractivity contribution in [2.24, 2.45) is 0 Å². The van der Waals surface area contributed by atoms with Crippen LogP contribution < -0.4 is 10.1 Å². The first-order valence-corrected chi connectivity index (χ1v) is 5.90. The van der Waals surface area contributed by atoms with Crippen LogP contribution in [0.25, 0.3) is 0 Å². The van der Waals surface area contributed by atoms with Crippen molar-refractivity contribution in [1.29, 1.82) is 0 Å². The van der Waals surface area contributed by atoms with E-state index >= 15 is 0 Å². The molecule has 0 atom stereocenters. The summed E-state index contributed by atoms with van der Waals surface area (Å²) in [6.07, 6.45) is 0. The Balaban J connectivity index is 2.76. The van der Waals surface area contributed by atoms with Crippen molar-refractivity contribution in [2.75, 3.05) is 20.2 Å². The number of hydrogen-bond acceptors (Lipinski definition) is 2. The van der Waals surface area contributed by atoms with Gasteiger partial charge in [-0.1, -0.05) is 38.4 Å². The first kappa shape index (κ1) is 13.3. The van der Waals surface area contributed by atoms with Gasteiger partial charge in [0.05, 0.1) is 5.02 Å². The first-order chi connectivity index (χ1) is 7.45. The summed E-state index contributed by atoms with van der Waals surface area (Å²) in [6.45, 7) is 7.95. The highest BCUT2D eigenvalue weighted by Crippen LogP contribution is 2.30. The highest BCUT2D eigenvalue weighted by atomic mass is 35.5.